The van der Waals surface area contributed by atoms with E-state index in [9.17, 15) is 4.79 Å². The van der Waals surface area contributed by atoms with Crippen molar-refractivity contribution >= 4 is 33.2 Å². The fourth-order valence-corrected chi connectivity index (χ4v) is 2.45. The van der Waals surface area contributed by atoms with Crippen LogP contribution in [0.3, 0.4) is 0 Å². The Hall–Kier alpha value is -1.81. The number of rotatable bonds is 6. The lowest BCUT2D eigenvalue weighted by Gasteiger charge is -2.09. The van der Waals surface area contributed by atoms with Crippen LogP contribution >= 0.6 is 15.9 Å². The maximum Gasteiger partial charge on any atom is 0.226 e. The Morgan fingerprint density at radius 3 is 2.41 bits per heavy atom. The number of hydrogen-bond donors (Lipinski definition) is 2. The van der Waals surface area contributed by atoms with Crippen molar-refractivity contribution in [3.05, 3.63) is 58.1 Å². The van der Waals surface area contributed by atoms with Gasteiger partial charge >= 0.3 is 0 Å². The minimum atomic E-state index is 0.0166. The molecule has 22 heavy (non-hydrogen) atoms. The second kappa shape index (κ2) is 7.99. The number of carbonyl (C=O) groups is 1. The summed E-state index contributed by atoms with van der Waals surface area (Å²) in [6.45, 7) is 4.77. The Bertz CT molecular complexity index is 638. The summed E-state index contributed by atoms with van der Waals surface area (Å²) in [6.07, 6.45) is 1.44. The average Bonchev–Trinajstić information content (AvgIpc) is 2.51. The molecule has 0 heterocycles. The van der Waals surface area contributed by atoms with E-state index in [2.05, 4.69) is 33.5 Å². The highest BCUT2D eigenvalue weighted by atomic mass is 79.9. The quantitative estimate of drug-likeness (QED) is 0.779. The molecule has 2 aromatic rings. The van der Waals surface area contributed by atoms with Gasteiger partial charge in [-0.2, -0.15) is 0 Å². The van der Waals surface area contributed by atoms with Crippen molar-refractivity contribution in [2.75, 3.05) is 17.2 Å². The third-order valence-corrected chi connectivity index (χ3v) is 4.35. The maximum atomic E-state index is 11.9. The first-order valence-electron chi connectivity index (χ1n) is 7.47. The molecule has 0 aliphatic carbocycles. The van der Waals surface area contributed by atoms with Crippen LogP contribution in [0.5, 0.6) is 0 Å². The summed E-state index contributed by atoms with van der Waals surface area (Å²) in [5.41, 5.74) is 4.32. The highest BCUT2D eigenvalue weighted by Gasteiger charge is 2.03. The van der Waals surface area contributed by atoms with E-state index in [0.717, 1.165) is 22.3 Å². The molecule has 1 amide bonds. The van der Waals surface area contributed by atoms with Crippen LogP contribution in [0.25, 0.3) is 0 Å². The molecule has 0 atom stereocenters. The Labute approximate surface area is 140 Å². The number of benzene rings is 2. The summed E-state index contributed by atoms with van der Waals surface area (Å²) in [5.74, 6) is 0.0166. The molecule has 0 aliphatic rings. The first-order valence-corrected chi connectivity index (χ1v) is 8.26. The lowest BCUT2D eigenvalue weighted by molar-refractivity contribution is -0.115. The minimum absolute atomic E-state index is 0.0166. The van der Waals surface area contributed by atoms with Gasteiger partial charge in [0.05, 0.1) is 0 Å². The monoisotopic (exact) mass is 360 g/mol. The van der Waals surface area contributed by atoms with Crippen molar-refractivity contribution in [3.63, 3.8) is 0 Å². The van der Waals surface area contributed by atoms with Crippen LogP contribution in [0, 0.1) is 6.92 Å². The summed E-state index contributed by atoms with van der Waals surface area (Å²) < 4.78 is 1.07. The van der Waals surface area contributed by atoms with Crippen molar-refractivity contribution in [2.24, 2.45) is 0 Å². The molecule has 0 unspecified atom stereocenters. The van der Waals surface area contributed by atoms with Crippen molar-refractivity contribution in [2.45, 2.75) is 26.7 Å². The van der Waals surface area contributed by atoms with Crippen molar-refractivity contribution in [3.8, 4) is 0 Å². The second-order valence-corrected chi connectivity index (χ2v) is 6.09. The third-order valence-electron chi connectivity index (χ3n) is 3.50. The number of aryl methyl sites for hydroxylation is 2. The molecule has 2 aromatic carbocycles. The maximum absolute atomic E-state index is 11.9. The Balaban J connectivity index is 1.78. The van der Waals surface area contributed by atoms with E-state index in [1.54, 1.807) is 0 Å². The third kappa shape index (κ3) is 4.88. The van der Waals surface area contributed by atoms with Gasteiger partial charge in [0.15, 0.2) is 0 Å². The zero-order chi connectivity index (χ0) is 15.9. The van der Waals surface area contributed by atoms with E-state index in [-0.39, 0.29) is 5.91 Å². The summed E-state index contributed by atoms with van der Waals surface area (Å²) in [5, 5.41) is 6.17. The van der Waals surface area contributed by atoms with E-state index in [0.29, 0.717) is 13.0 Å². The molecule has 4 heteroatoms. The zero-order valence-electron chi connectivity index (χ0n) is 12.9. The van der Waals surface area contributed by atoms with Gasteiger partial charge in [0.1, 0.15) is 0 Å². The lowest BCUT2D eigenvalue weighted by Crippen LogP contribution is -2.16. The second-order valence-electron chi connectivity index (χ2n) is 5.24. The molecule has 3 nitrogen and oxygen atoms in total. The predicted octanol–water partition coefficient (Wildman–Crippen LogP) is 4.76. The van der Waals surface area contributed by atoms with E-state index in [4.69, 9.17) is 0 Å². The molecule has 0 saturated carbocycles. The molecule has 116 valence electrons. The van der Waals surface area contributed by atoms with Gasteiger partial charge in [0, 0.05) is 28.8 Å². The smallest absolute Gasteiger partial charge is 0.226 e. The fraction of sp³-hybridized carbons (Fsp3) is 0.278. The molecule has 0 aromatic heterocycles. The first-order chi connectivity index (χ1) is 10.6. The van der Waals surface area contributed by atoms with Gasteiger partial charge in [-0.15, -0.1) is 0 Å². The summed E-state index contributed by atoms with van der Waals surface area (Å²) in [4.78, 5) is 11.9. The average molecular weight is 361 g/mol. The van der Waals surface area contributed by atoms with Crippen molar-refractivity contribution in [1.29, 1.82) is 0 Å². The van der Waals surface area contributed by atoms with Crippen LogP contribution in [0.1, 0.15) is 24.5 Å². The highest BCUT2D eigenvalue weighted by Crippen LogP contribution is 2.20. The van der Waals surface area contributed by atoms with Gasteiger partial charge in [-0.3, -0.25) is 4.79 Å². The molecule has 0 bridgehead atoms. The number of halogens is 1. The number of nitrogens with one attached hydrogen (secondary N) is 2. The zero-order valence-corrected chi connectivity index (χ0v) is 14.5. The molecule has 2 N–H and O–H groups in total. The predicted molar refractivity (Wildman–Crippen MR) is 96.4 cm³/mol. The van der Waals surface area contributed by atoms with E-state index >= 15 is 0 Å². The van der Waals surface area contributed by atoms with Gasteiger partial charge in [-0.05, 0) is 48.7 Å². The largest absolute Gasteiger partial charge is 0.384 e. The van der Waals surface area contributed by atoms with Gasteiger partial charge in [0.2, 0.25) is 5.91 Å². The van der Waals surface area contributed by atoms with Crippen LogP contribution < -0.4 is 10.6 Å². The lowest BCUT2D eigenvalue weighted by atomic mass is 10.1. The fourth-order valence-electron chi connectivity index (χ4n) is 2.07. The Kier molecular flexibility index (Phi) is 6.01. The molecular weight excluding hydrogens is 340 g/mol. The Morgan fingerprint density at radius 1 is 1.09 bits per heavy atom. The highest BCUT2D eigenvalue weighted by molar-refractivity contribution is 9.10. The molecular formula is C18H21BrN2O. The minimum Gasteiger partial charge on any atom is -0.384 e. The van der Waals surface area contributed by atoms with Gasteiger partial charge in [0.25, 0.3) is 0 Å². The van der Waals surface area contributed by atoms with Crippen LogP contribution in [0.4, 0.5) is 11.4 Å². The number of anilines is 2. The van der Waals surface area contributed by atoms with Gasteiger partial charge in [-0.1, -0.05) is 41.1 Å². The standard InChI is InChI=1S/C18H21BrN2O/c1-3-14-5-8-15(9-6-14)21-18(22)10-11-20-16-7-4-13(2)17(19)12-16/h4-9,12,20H,3,10-11H2,1-2H3,(H,21,22). The Morgan fingerprint density at radius 2 is 1.77 bits per heavy atom. The molecule has 2 rings (SSSR count). The van der Waals surface area contributed by atoms with Crippen LogP contribution in [-0.2, 0) is 11.2 Å². The van der Waals surface area contributed by atoms with E-state index in [1.807, 2.05) is 49.4 Å². The molecule has 0 saturated heterocycles. The summed E-state index contributed by atoms with van der Waals surface area (Å²) in [7, 11) is 0. The summed E-state index contributed by atoms with van der Waals surface area (Å²) >= 11 is 3.50. The van der Waals surface area contributed by atoms with Gasteiger partial charge < -0.3 is 10.6 Å². The number of amides is 1. The number of hydrogen-bond acceptors (Lipinski definition) is 2. The molecule has 0 spiro atoms. The van der Waals surface area contributed by atoms with Crippen molar-refractivity contribution in [1.82, 2.24) is 0 Å². The number of carbonyl (C=O) groups excluding carboxylic acids is 1. The first kappa shape index (κ1) is 16.6. The molecule has 0 radical (unpaired) electrons. The van der Waals surface area contributed by atoms with Crippen molar-refractivity contribution < 1.29 is 4.79 Å². The van der Waals surface area contributed by atoms with Crippen LogP contribution in [0.2, 0.25) is 0 Å². The van der Waals surface area contributed by atoms with Crippen LogP contribution in [0.15, 0.2) is 46.9 Å². The normalized spacial score (nSPS) is 10.3. The van der Waals surface area contributed by atoms with E-state index < -0.39 is 0 Å². The van der Waals surface area contributed by atoms with E-state index in [1.165, 1.54) is 11.1 Å². The van der Waals surface area contributed by atoms with Crippen LogP contribution in [-0.4, -0.2) is 12.5 Å². The SMILES string of the molecule is CCc1ccc(NC(=O)CCNc2ccc(C)c(Br)c2)cc1. The topological polar surface area (TPSA) is 41.1 Å². The molecule has 0 aliphatic heterocycles. The van der Waals surface area contributed by atoms with Gasteiger partial charge in [-0.25, -0.2) is 0 Å². The molecule has 0 fully saturated rings. The summed E-state index contributed by atoms with van der Waals surface area (Å²) in [6, 6.07) is 14.1.